The highest BCUT2D eigenvalue weighted by atomic mass is 19.1. The van der Waals surface area contributed by atoms with E-state index in [1.54, 1.807) is 4.90 Å². The van der Waals surface area contributed by atoms with Crippen LogP contribution in [0.15, 0.2) is 42.5 Å². The van der Waals surface area contributed by atoms with E-state index in [0.29, 0.717) is 18.5 Å². The average Bonchev–Trinajstić information content (AvgIpc) is 2.65. The molecule has 0 unspecified atom stereocenters. The van der Waals surface area contributed by atoms with Crippen LogP contribution in [0.25, 0.3) is 0 Å². The van der Waals surface area contributed by atoms with Crippen molar-refractivity contribution in [2.24, 2.45) is 0 Å². The van der Waals surface area contributed by atoms with Gasteiger partial charge in [0.05, 0.1) is 24.3 Å². The van der Waals surface area contributed by atoms with Gasteiger partial charge in [-0.2, -0.15) is 5.26 Å². The molecule has 0 aromatic heterocycles. The van der Waals surface area contributed by atoms with Gasteiger partial charge in [-0.15, -0.1) is 0 Å². The van der Waals surface area contributed by atoms with Crippen LogP contribution in [0.5, 0.6) is 0 Å². The summed E-state index contributed by atoms with van der Waals surface area (Å²) < 4.78 is 13.9. The van der Waals surface area contributed by atoms with Gasteiger partial charge in [-0.1, -0.05) is 30.3 Å². The number of nitriles is 1. The minimum absolute atomic E-state index is 0.0205. The van der Waals surface area contributed by atoms with E-state index >= 15 is 0 Å². The molecule has 0 bridgehead atoms. The summed E-state index contributed by atoms with van der Waals surface area (Å²) in [5.41, 5.74) is 2.62. The molecule has 1 aliphatic heterocycles. The van der Waals surface area contributed by atoms with Crippen LogP contribution >= 0.6 is 0 Å². The SMILES string of the molecule is N#Cc1ccc(CNC(=O)N2CCc3ccccc3[C@@H]2CO)c(F)c1. The van der Waals surface area contributed by atoms with E-state index in [-0.39, 0.29) is 24.7 Å². The Kier molecular flexibility index (Phi) is 4.96. The van der Waals surface area contributed by atoms with Crippen molar-refractivity contribution >= 4 is 6.03 Å². The highest BCUT2D eigenvalue weighted by Gasteiger charge is 2.29. The number of aliphatic hydroxyl groups is 1. The summed E-state index contributed by atoms with van der Waals surface area (Å²) in [4.78, 5) is 14.1. The Hall–Kier alpha value is -2.91. The van der Waals surface area contributed by atoms with Crippen molar-refractivity contribution in [2.45, 2.75) is 19.0 Å². The number of aliphatic hydroxyl groups excluding tert-OH is 1. The van der Waals surface area contributed by atoms with Gasteiger partial charge in [0.15, 0.2) is 0 Å². The summed E-state index contributed by atoms with van der Waals surface area (Å²) in [6, 6.07) is 13.0. The Bertz CT molecular complexity index is 832. The molecule has 1 heterocycles. The molecule has 0 aliphatic carbocycles. The van der Waals surface area contributed by atoms with Crippen LogP contribution in [0.1, 0.15) is 28.3 Å². The molecule has 128 valence electrons. The number of carbonyl (C=O) groups excluding carboxylic acids is 1. The Morgan fingerprint density at radius 2 is 2.16 bits per heavy atom. The lowest BCUT2D eigenvalue weighted by atomic mass is 9.93. The van der Waals surface area contributed by atoms with Crippen LogP contribution in [0.4, 0.5) is 9.18 Å². The molecule has 0 saturated carbocycles. The van der Waals surface area contributed by atoms with Gasteiger partial charge >= 0.3 is 6.03 Å². The Balaban J connectivity index is 1.70. The minimum atomic E-state index is -0.526. The van der Waals surface area contributed by atoms with E-state index in [0.717, 1.165) is 17.2 Å². The summed E-state index contributed by atoms with van der Waals surface area (Å²) in [5, 5.41) is 21.2. The van der Waals surface area contributed by atoms with E-state index in [2.05, 4.69) is 5.32 Å². The number of halogens is 1. The fraction of sp³-hybridized carbons (Fsp3) is 0.263. The molecule has 1 atom stereocenters. The number of nitrogens with zero attached hydrogens (tertiary/aromatic N) is 2. The zero-order valence-electron chi connectivity index (χ0n) is 13.6. The van der Waals surface area contributed by atoms with Crippen LogP contribution in [-0.2, 0) is 13.0 Å². The van der Waals surface area contributed by atoms with E-state index in [4.69, 9.17) is 5.26 Å². The lowest BCUT2D eigenvalue weighted by Gasteiger charge is -2.36. The van der Waals surface area contributed by atoms with Gasteiger partial charge in [0, 0.05) is 18.7 Å². The second kappa shape index (κ2) is 7.32. The van der Waals surface area contributed by atoms with Crippen LogP contribution in [0.2, 0.25) is 0 Å². The van der Waals surface area contributed by atoms with Crippen LogP contribution in [0.3, 0.4) is 0 Å². The maximum Gasteiger partial charge on any atom is 0.318 e. The second-order valence-corrected chi connectivity index (χ2v) is 5.92. The third-order valence-electron chi connectivity index (χ3n) is 4.46. The van der Waals surface area contributed by atoms with E-state index in [9.17, 15) is 14.3 Å². The first-order chi connectivity index (χ1) is 12.1. The number of hydrogen-bond donors (Lipinski definition) is 2. The number of nitrogens with one attached hydrogen (secondary N) is 1. The zero-order valence-corrected chi connectivity index (χ0v) is 13.6. The number of benzene rings is 2. The Labute approximate surface area is 145 Å². The van der Waals surface area contributed by atoms with Crippen molar-refractivity contribution in [1.82, 2.24) is 10.2 Å². The number of rotatable bonds is 3. The molecule has 25 heavy (non-hydrogen) atoms. The summed E-state index contributed by atoms with van der Waals surface area (Å²) in [7, 11) is 0. The van der Waals surface area contributed by atoms with Crippen molar-refractivity contribution in [3.63, 3.8) is 0 Å². The monoisotopic (exact) mass is 339 g/mol. The van der Waals surface area contributed by atoms with Crippen LogP contribution in [0, 0.1) is 17.1 Å². The third-order valence-corrected chi connectivity index (χ3v) is 4.46. The average molecular weight is 339 g/mol. The zero-order chi connectivity index (χ0) is 17.8. The molecule has 0 fully saturated rings. The molecular weight excluding hydrogens is 321 g/mol. The molecular formula is C19H18FN3O2. The number of hydrogen-bond acceptors (Lipinski definition) is 3. The molecule has 2 N–H and O–H groups in total. The van der Waals surface area contributed by atoms with Gasteiger partial charge in [-0.25, -0.2) is 9.18 Å². The van der Waals surface area contributed by atoms with Gasteiger partial charge in [0.1, 0.15) is 5.82 Å². The summed E-state index contributed by atoms with van der Waals surface area (Å²) in [6.45, 7) is 0.340. The Morgan fingerprint density at radius 3 is 2.88 bits per heavy atom. The van der Waals surface area contributed by atoms with Crippen molar-refractivity contribution in [1.29, 1.82) is 5.26 Å². The first-order valence-electron chi connectivity index (χ1n) is 8.05. The van der Waals surface area contributed by atoms with Crippen molar-refractivity contribution in [3.8, 4) is 6.07 Å². The molecule has 1 aliphatic rings. The molecule has 0 spiro atoms. The molecule has 5 nitrogen and oxygen atoms in total. The highest BCUT2D eigenvalue weighted by Crippen LogP contribution is 2.29. The summed E-state index contributed by atoms with van der Waals surface area (Å²) >= 11 is 0. The summed E-state index contributed by atoms with van der Waals surface area (Å²) in [6.07, 6.45) is 0.714. The van der Waals surface area contributed by atoms with Crippen molar-refractivity contribution in [3.05, 3.63) is 70.5 Å². The van der Waals surface area contributed by atoms with Crippen molar-refractivity contribution < 1.29 is 14.3 Å². The topological polar surface area (TPSA) is 76.4 Å². The van der Waals surface area contributed by atoms with Gasteiger partial charge in [0.25, 0.3) is 0 Å². The second-order valence-electron chi connectivity index (χ2n) is 5.92. The van der Waals surface area contributed by atoms with Crippen LogP contribution in [-0.4, -0.2) is 29.2 Å². The van der Waals surface area contributed by atoms with E-state index < -0.39 is 11.9 Å². The normalized spacial score (nSPS) is 16.0. The largest absolute Gasteiger partial charge is 0.394 e. The maximum absolute atomic E-state index is 13.9. The number of fused-ring (bicyclic) bond motifs is 1. The fourth-order valence-electron chi connectivity index (χ4n) is 3.12. The molecule has 3 rings (SSSR count). The van der Waals surface area contributed by atoms with Gasteiger partial charge < -0.3 is 15.3 Å². The van der Waals surface area contributed by atoms with E-state index in [1.807, 2.05) is 30.3 Å². The maximum atomic E-state index is 13.9. The van der Waals surface area contributed by atoms with Crippen molar-refractivity contribution in [2.75, 3.05) is 13.2 Å². The predicted octanol–water partition coefficient (Wildman–Crippen LogP) is 2.50. The standard InChI is InChI=1S/C19H18FN3O2/c20-17-9-13(10-21)5-6-15(17)11-22-19(25)23-8-7-14-3-1-2-4-16(14)18(23)12-24/h1-6,9,18,24H,7-8,11-12H2,(H,22,25)/t18-/m0/s1. The van der Waals surface area contributed by atoms with E-state index in [1.165, 1.54) is 12.1 Å². The van der Waals surface area contributed by atoms with Gasteiger partial charge in [-0.05, 0) is 29.7 Å². The first kappa shape index (κ1) is 16.9. The third kappa shape index (κ3) is 3.47. The number of carbonyl (C=O) groups is 1. The van der Waals surface area contributed by atoms with Gasteiger partial charge in [-0.3, -0.25) is 0 Å². The number of amides is 2. The van der Waals surface area contributed by atoms with Gasteiger partial charge in [0.2, 0.25) is 0 Å². The first-order valence-corrected chi connectivity index (χ1v) is 8.05. The lowest BCUT2D eigenvalue weighted by molar-refractivity contribution is 0.126. The predicted molar refractivity (Wildman–Crippen MR) is 90.0 cm³/mol. The minimum Gasteiger partial charge on any atom is -0.394 e. The highest BCUT2D eigenvalue weighted by molar-refractivity contribution is 5.75. The smallest absolute Gasteiger partial charge is 0.318 e. The molecule has 0 radical (unpaired) electrons. The van der Waals surface area contributed by atoms with Crippen LogP contribution < -0.4 is 5.32 Å². The molecule has 0 saturated heterocycles. The molecule has 2 aromatic rings. The number of urea groups is 1. The quantitative estimate of drug-likeness (QED) is 0.902. The Morgan fingerprint density at radius 1 is 1.36 bits per heavy atom. The lowest BCUT2D eigenvalue weighted by Crippen LogP contribution is -2.46. The summed E-state index contributed by atoms with van der Waals surface area (Å²) in [5.74, 6) is -0.526. The fourth-order valence-corrected chi connectivity index (χ4v) is 3.12. The molecule has 2 aromatic carbocycles. The molecule has 2 amide bonds. The molecule has 6 heteroatoms.